The number of carbonyl (C=O) groups excluding carboxylic acids is 1. The summed E-state index contributed by atoms with van der Waals surface area (Å²) in [4.78, 5) is 20.1. The van der Waals surface area contributed by atoms with Crippen LogP contribution < -0.4 is 5.32 Å². The van der Waals surface area contributed by atoms with E-state index < -0.39 is 0 Å². The molecule has 0 radical (unpaired) electrons. The molecule has 38 heavy (non-hydrogen) atoms. The standard InChI is InChI=1S/C29H35FN6OS/c1-19-12-13-25-23(17-19)26-27(36(25)18-22-10-4-5-11-24(22)30)32-29(34-33-26)38-21(3)28(37)31-14-8-16-35-15-7-6-9-20(35)2/h4-5,10-13,17,20-21H,6-9,14-16,18H2,1-3H3,(H,31,37). The quantitative estimate of drug-likeness (QED) is 0.231. The zero-order chi connectivity index (χ0) is 26.6. The van der Waals surface area contributed by atoms with Crippen LogP contribution in [-0.4, -0.2) is 61.5 Å². The molecule has 2 aromatic carbocycles. The number of benzene rings is 2. The first-order chi connectivity index (χ1) is 18.4. The van der Waals surface area contributed by atoms with Crippen molar-refractivity contribution < 1.29 is 9.18 Å². The molecule has 1 aliphatic rings. The molecule has 1 saturated heterocycles. The van der Waals surface area contributed by atoms with E-state index in [2.05, 4.69) is 33.4 Å². The second-order valence-corrected chi connectivity index (χ2v) is 11.6. The Morgan fingerprint density at radius 1 is 1.21 bits per heavy atom. The highest BCUT2D eigenvalue weighted by Crippen LogP contribution is 2.30. The average molecular weight is 535 g/mol. The lowest BCUT2D eigenvalue weighted by atomic mass is 10.0. The Labute approximate surface area is 227 Å². The van der Waals surface area contributed by atoms with Crippen LogP contribution in [0.4, 0.5) is 4.39 Å². The number of amides is 1. The van der Waals surface area contributed by atoms with Crippen LogP contribution >= 0.6 is 11.8 Å². The second kappa shape index (κ2) is 11.8. The number of aromatic nitrogens is 4. The summed E-state index contributed by atoms with van der Waals surface area (Å²) in [6, 6.07) is 13.5. The van der Waals surface area contributed by atoms with Gasteiger partial charge >= 0.3 is 0 Å². The number of nitrogens with zero attached hydrogens (tertiary/aromatic N) is 5. The molecular weight excluding hydrogens is 499 g/mol. The summed E-state index contributed by atoms with van der Waals surface area (Å²) in [5, 5.41) is 12.9. The highest BCUT2D eigenvalue weighted by molar-refractivity contribution is 8.00. The van der Waals surface area contributed by atoms with E-state index in [1.165, 1.54) is 37.1 Å². The molecule has 0 saturated carbocycles. The van der Waals surface area contributed by atoms with Gasteiger partial charge in [0.1, 0.15) is 11.3 Å². The van der Waals surface area contributed by atoms with Crippen molar-refractivity contribution in [3.8, 4) is 0 Å². The lowest BCUT2D eigenvalue weighted by molar-refractivity contribution is -0.120. The van der Waals surface area contributed by atoms with Gasteiger partial charge in [-0.05, 0) is 64.8 Å². The summed E-state index contributed by atoms with van der Waals surface area (Å²) in [5.41, 5.74) is 3.91. The topological polar surface area (TPSA) is 75.9 Å². The molecule has 2 atom stereocenters. The fourth-order valence-corrected chi connectivity index (χ4v) is 5.93. The third-order valence-corrected chi connectivity index (χ3v) is 8.35. The molecule has 0 spiro atoms. The molecular formula is C29H35FN6OS. The van der Waals surface area contributed by atoms with E-state index in [0.717, 1.165) is 36.0 Å². The van der Waals surface area contributed by atoms with E-state index in [1.54, 1.807) is 12.1 Å². The van der Waals surface area contributed by atoms with E-state index in [9.17, 15) is 9.18 Å². The van der Waals surface area contributed by atoms with Gasteiger partial charge in [0.25, 0.3) is 0 Å². The lowest BCUT2D eigenvalue weighted by Gasteiger charge is -2.33. The van der Waals surface area contributed by atoms with Gasteiger partial charge in [0.05, 0.1) is 17.3 Å². The maximum Gasteiger partial charge on any atom is 0.233 e. The van der Waals surface area contributed by atoms with Gasteiger partial charge in [0.2, 0.25) is 11.1 Å². The van der Waals surface area contributed by atoms with Crippen molar-refractivity contribution in [1.82, 2.24) is 30.0 Å². The van der Waals surface area contributed by atoms with Gasteiger partial charge in [0, 0.05) is 30.1 Å². The number of rotatable bonds is 9. The largest absolute Gasteiger partial charge is 0.355 e. The van der Waals surface area contributed by atoms with E-state index in [-0.39, 0.29) is 17.0 Å². The number of aryl methyl sites for hydroxylation is 1. The van der Waals surface area contributed by atoms with Crippen molar-refractivity contribution in [2.75, 3.05) is 19.6 Å². The zero-order valence-corrected chi connectivity index (χ0v) is 23.1. The molecule has 3 heterocycles. The van der Waals surface area contributed by atoms with E-state index in [4.69, 9.17) is 4.98 Å². The molecule has 2 aromatic heterocycles. The zero-order valence-electron chi connectivity index (χ0n) is 22.3. The summed E-state index contributed by atoms with van der Waals surface area (Å²) in [5.74, 6) is -0.292. The van der Waals surface area contributed by atoms with Crippen molar-refractivity contribution in [2.45, 2.75) is 69.4 Å². The van der Waals surface area contributed by atoms with Crippen molar-refractivity contribution in [3.63, 3.8) is 0 Å². The Morgan fingerprint density at radius 2 is 2.05 bits per heavy atom. The van der Waals surface area contributed by atoms with Crippen molar-refractivity contribution in [2.24, 2.45) is 0 Å². The summed E-state index contributed by atoms with van der Waals surface area (Å²) < 4.78 is 16.5. The molecule has 9 heteroatoms. The number of halogens is 1. The smallest absolute Gasteiger partial charge is 0.233 e. The molecule has 1 fully saturated rings. The monoisotopic (exact) mass is 534 g/mol. The lowest BCUT2D eigenvalue weighted by Crippen LogP contribution is -2.39. The Bertz CT molecular complexity index is 1440. The van der Waals surface area contributed by atoms with Crippen LogP contribution in [0.25, 0.3) is 22.1 Å². The van der Waals surface area contributed by atoms with Crippen LogP contribution in [0.1, 0.15) is 50.7 Å². The number of fused-ring (bicyclic) bond motifs is 3. The number of hydrogen-bond donors (Lipinski definition) is 1. The summed E-state index contributed by atoms with van der Waals surface area (Å²) in [6.07, 6.45) is 4.78. The van der Waals surface area contributed by atoms with E-state index >= 15 is 0 Å². The molecule has 0 aliphatic carbocycles. The van der Waals surface area contributed by atoms with E-state index in [0.29, 0.717) is 41.0 Å². The molecule has 5 rings (SSSR count). The van der Waals surface area contributed by atoms with Crippen LogP contribution in [0.15, 0.2) is 47.6 Å². The van der Waals surface area contributed by atoms with Crippen LogP contribution in [-0.2, 0) is 11.3 Å². The Balaban J connectivity index is 1.30. The molecule has 2 unspecified atom stereocenters. The average Bonchev–Trinajstić information content (AvgIpc) is 3.20. The molecule has 7 nitrogen and oxygen atoms in total. The predicted octanol–water partition coefficient (Wildman–Crippen LogP) is 5.34. The van der Waals surface area contributed by atoms with Gasteiger partial charge in [-0.15, -0.1) is 10.2 Å². The number of likely N-dealkylation sites (tertiary alicyclic amines) is 1. The minimum atomic E-state index is -0.366. The first-order valence-electron chi connectivity index (χ1n) is 13.5. The number of piperidine rings is 1. The highest BCUT2D eigenvalue weighted by atomic mass is 32.2. The molecule has 200 valence electrons. The summed E-state index contributed by atoms with van der Waals surface area (Å²) >= 11 is 1.29. The van der Waals surface area contributed by atoms with Gasteiger partial charge < -0.3 is 14.8 Å². The first kappa shape index (κ1) is 26.6. The fraction of sp³-hybridized carbons (Fsp3) is 0.448. The predicted molar refractivity (Wildman–Crippen MR) is 151 cm³/mol. The number of hydrogen-bond acceptors (Lipinski definition) is 6. The minimum absolute atomic E-state index is 0.0343. The molecule has 0 bridgehead atoms. The van der Waals surface area contributed by atoms with E-state index in [1.807, 2.05) is 36.6 Å². The normalized spacial score (nSPS) is 17.2. The molecule has 1 aliphatic heterocycles. The maximum atomic E-state index is 14.5. The number of nitrogens with one attached hydrogen (secondary N) is 1. The molecule has 4 aromatic rings. The Kier molecular flexibility index (Phi) is 8.24. The van der Waals surface area contributed by atoms with Gasteiger partial charge in [-0.3, -0.25) is 4.79 Å². The minimum Gasteiger partial charge on any atom is -0.355 e. The van der Waals surface area contributed by atoms with Crippen LogP contribution in [0.5, 0.6) is 0 Å². The summed E-state index contributed by atoms with van der Waals surface area (Å²) in [6.45, 7) is 9.32. The number of carbonyl (C=O) groups is 1. The number of thioether (sulfide) groups is 1. The third kappa shape index (κ3) is 5.83. The molecule has 1 amide bonds. The Hall–Kier alpha value is -3.04. The van der Waals surface area contributed by atoms with Crippen molar-refractivity contribution in [3.05, 3.63) is 59.4 Å². The Morgan fingerprint density at radius 3 is 2.87 bits per heavy atom. The van der Waals surface area contributed by atoms with Crippen LogP contribution in [0, 0.1) is 12.7 Å². The first-order valence-corrected chi connectivity index (χ1v) is 14.3. The third-order valence-electron chi connectivity index (χ3n) is 7.40. The van der Waals surface area contributed by atoms with Gasteiger partial charge in [-0.2, -0.15) is 0 Å². The van der Waals surface area contributed by atoms with Gasteiger partial charge in [-0.1, -0.05) is 48.0 Å². The maximum absolute atomic E-state index is 14.5. The van der Waals surface area contributed by atoms with Gasteiger partial charge in [-0.25, -0.2) is 9.37 Å². The van der Waals surface area contributed by atoms with Gasteiger partial charge in [0.15, 0.2) is 5.65 Å². The fourth-order valence-electron chi connectivity index (χ4n) is 5.20. The van der Waals surface area contributed by atoms with Crippen molar-refractivity contribution >= 4 is 39.7 Å². The van der Waals surface area contributed by atoms with Crippen LogP contribution in [0.3, 0.4) is 0 Å². The molecule has 1 N–H and O–H groups in total. The van der Waals surface area contributed by atoms with Crippen LogP contribution in [0.2, 0.25) is 0 Å². The SMILES string of the molecule is Cc1ccc2c(c1)c1nnc(SC(C)C(=O)NCCCN3CCCCC3C)nc1n2Cc1ccccc1F. The van der Waals surface area contributed by atoms with Crippen molar-refractivity contribution in [1.29, 1.82) is 0 Å². The summed E-state index contributed by atoms with van der Waals surface area (Å²) in [7, 11) is 0. The highest BCUT2D eigenvalue weighted by Gasteiger charge is 2.21. The second-order valence-electron chi connectivity index (χ2n) is 10.3.